The van der Waals surface area contributed by atoms with E-state index in [4.69, 9.17) is 0 Å². The minimum Gasteiger partial charge on any atom is -0.393 e. The first-order chi connectivity index (χ1) is 7.35. The Hall–Kier alpha value is -1.72. The Bertz CT molecular complexity index is 438. The normalized spacial score (nSPS) is 49.4. The van der Waals surface area contributed by atoms with E-state index in [1.165, 1.54) is 13.8 Å². The minimum atomic E-state index is -1.25. The summed E-state index contributed by atoms with van der Waals surface area (Å²) in [4.78, 5) is 46.1. The molecule has 4 unspecified atom stereocenters. The Labute approximate surface area is 89.9 Å². The standard InChI is InChI=1S/C10H8O6/c1-9-3-4(6(12)15-5(3)11)10(9,2)8(14)16-7(9)13/h3-4H,1-2H3. The van der Waals surface area contributed by atoms with Crippen molar-refractivity contribution in [2.24, 2.45) is 22.7 Å². The SMILES string of the molecule is CC12C(=O)OC(=O)C1(C)C1C(=O)OC(=O)C12. The van der Waals surface area contributed by atoms with Crippen LogP contribution in [0.1, 0.15) is 13.8 Å². The van der Waals surface area contributed by atoms with E-state index < -0.39 is 46.5 Å². The van der Waals surface area contributed by atoms with Crippen molar-refractivity contribution in [2.75, 3.05) is 0 Å². The van der Waals surface area contributed by atoms with Gasteiger partial charge in [-0.2, -0.15) is 0 Å². The molecule has 0 radical (unpaired) electrons. The van der Waals surface area contributed by atoms with Gasteiger partial charge in [0.15, 0.2) is 0 Å². The van der Waals surface area contributed by atoms with Crippen molar-refractivity contribution in [1.29, 1.82) is 0 Å². The monoisotopic (exact) mass is 224 g/mol. The number of esters is 4. The average molecular weight is 224 g/mol. The zero-order chi connectivity index (χ0) is 11.9. The molecule has 0 N–H and O–H groups in total. The quantitative estimate of drug-likeness (QED) is 0.404. The Kier molecular flexibility index (Phi) is 1.30. The van der Waals surface area contributed by atoms with Gasteiger partial charge in [-0.3, -0.25) is 19.2 Å². The van der Waals surface area contributed by atoms with Gasteiger partial charge in [-0.05, 0) is 13.8 Å². The van der Waals surface area contributed by atoms with Crippen LogP contribution in [0.5, 0.6) is 0 Å². The molecule has 0 aromatic rings. The molecule has 3 aliphatic rings. The summed E-state index contributed by atoms with van der Waals surface area (Å²) in [7, 11) is 0. The molecule has 3 fully saturated rings. The van der Waals surface area contributed by atoms with Gasteiger partial charge in [0.1, 0.15) is 0 Å². The number of rotatable bonds is 0. The lowest BCUT2D eigenvalue weighted by Gasteiger charge is -2.51. The van der Waals surface area contributed by atoms with Crippen molar-refractivity contribution < 1.29 is 28.7 Å². The second kappa shape index (κ2) is 2.18. The van der Waals surface area contributed by atoms with Gasteiger partial charge < -0.3 is 9.47 Å². The van der Waals surface area contributed by atoms with Crippen LogP contribution in [-0.4, -0.2) is 23.9 Å². The summed E-state index contributed by atoms with van der Waals surface area (Å²) >= 11 is 0. The van der Waals surface area contributed by atoms with Crippen LogP contribution in [-0.2, 0) is 28.7 Å². The molecule has 84 valence electrons. The molecule has 6 nitrogen and oxygen atoms in total. The summed E-state index contributed by atoms with van der Waals surface area (Å²) in [5, 5.41) is 0. The van der Waals surface area contributed by atoms with E-state index in [9.17, 15) is 19.2 Å². The summed E-state index contributed by atoms with van der Waals surface area (Å²) in [6, 6.07) is 0. The van der Waals surface area contributed by atoms with Gasteiger partial charge in [0.25, 0.3) is 0 Å². The number of hydrogen-bond acceptors (Lipinski definition) is 6. The van der Waals surface area contributed by atoms with Gasteiger partial charge in [-0.1, -0.05) is 0 Å². The fourth-order valence-electron chi connectivity index (χ4n) is 3.16. The number of carbonyl (C=O) groups excluding carboxylic acids is 4. The molecular weight excluding hydrogens is 216 g/mol. The van der Waals surface area contributed by atoms with Gasteiger partial charge >= 0.3 is 23.9 Å². The van der Waals surface area contributed by atoms with Crippen molar-refractivity contribution in [1.82, 2.24) is 0 Å². The van der Waals surface area contributed by atoms with Crippen molar-refractivity contribution in [2.45, 2.75) is 13.8 Å². The highest BCUT2D eigenvalue weighted by Gasteiger charge is 2.86. The third-order valence-corrected chi connectivity index (χ3v) is 4.40. The highest BCUT2D eigenvalue weighted by molar-refractivity contribution is 6.14. The van der Waals surface area contributed by atoms with Crippen LogP contribution in [0.2, 0.25) is 0 Å². The van der Waals surface area contributed by atoms with Gasteiger partial charge in [0.2, 0.25) is 0 Å². The molecule has 0 spiro atoms. The first kappa shape index (κ1) is 9.50. The summed E-state index contributed by atoms with van der Waals surface area (Å²) in [6.07, 6.45) is 0. The maximum absolute atomic E-state index is 11.6. The minimum absolute atomic E-state index is 0.735. The van der Waals surface area contributed by atoms with E-state index in [-0.39, 0.29) is 0 Å². The maximum Gasteiger partial charge on any atom is 0.321 e. The number of fused-ring (bicyclic) bond motifs is 4. The van der Waals surface area contributed by atoms with Crippen LogP contribution < -0.4 is 0 Å². The van der Waals surface area contributed by atoms with Crippen LogP contribution in [0.4, 0.5) is 0 Å². The lowest BCUT2D eigenvalue weighted by Crippen LogP contribution is -2.65. The van der Waals surface area contributed by atoms with Crippen molar-refractivity contribution in [3.8, 4) is 0 Å². The van der Waals surface area contributed by atoms with Crippen LogP contribution >= 0.6 is 0 Å². The fourth-order valence-corrected chi connectivity index (χ4v) is 3.16. The third kappa shape index (κ3) is 0.594. The molecule has 3 rings (SSSR count). The maximum atomic E-state index is 11.6. The van der Waals surface area contributed by atoms with E-state index in [0.717, 1.165) is 0 Å². The number of carbonyl (C=O) groups is 4. The van der Waals surface area contributed by atoms with E-state index in [0.29, 0.717) is 0 Å². The Morgan fingerprint density at radius 1 is 0.812 bits per heavy atom. The largest absolute Gasteiger partial charge is 0.393 e. The van der Waals surface area contributed by atoms with Crippen molar-refractivity contribution in [3.63, 3.8) is 0 Å². The molecule has 0 aromatic heterocycles. The predicted octanol–water partition coefficient (Wildman–Crippen LogP) is -0.588. The molecule has 2 heterocycles. The van der Waals surface area contributed by atoms with Gasteiger partial charge in [0.05, 0.1) is 22.7 Å². The Morgan fingerprint density at radius 3 is 1.56 bits per heavy atom. The van der Waals surface area contributed by atoms with E-state index >= 15 is 0 Å². The Balaban J connectivity index is 2.21. The highest BCUT2D eigenvalue weighted by Crippen LogP contribution is 2.70. The summed E-state index contributed by atoms with van der Waals surface area (Å²) < 4.78 is 9.02. The van der Waals surface area contributed by atoms with E-state index in [1.54, 1.807) is 0 Å². The fraction of sp³-hybridized carbons (Fsp3) is 0.600. The van der Waals surface area contributed by atoms with E-state index in [1.807, 2.05) is 0 Å². The first-order valence-corrected chi connectivity index (χ1v) is 4.87. The first-order valence-electron chi connectivity index (χ1n) is 4.87. The van der Waals surface area contributed by atoms with Crippen LogP contribution in [0.15, 0.2) is 0 Å². The van der Waals surface area contributed by atoms with Crippen LogP contribution in [0.25, 0.3) is 0 Å². The molecule has 4 atom stereocenters. The molecular formula is C10H8O6. The molecule has 1 saturated carbocycles. The zero-order valence-corrected chi connectivity index (χ0v) is 8.60. The smallest absolute Gasteiger partial charge is 0.321 e. The Morgan fingerprint density at radius 2 is 1.19 bits per heavy atom. The topological polar surface area (TPSA) is 86.7 Å². The van der Waals surface area contributed by atoms with Crippen LogP contribution in [0, 0.1) is 22.7 Å². The average Bonchev–Trinajstić information content (AvgIpc) is 2.54. The van der Waals surface area contributed by atoms with Crippen molar-refractivity contribution in [3.05, 3.63) is 0 Å². The van der Waals surface area contributed by atoms with Gasteiger partial charge in [-0.15, -0.1) is 0 Å². The lowest BCUT2D eigenvalue weighted by atomic mass is 9.41. The van der Waals surface area contributed by atoms with Crippen molar-refractivity contribution >= 4 is 23.9 Å². The second-order valence-corrected chi connectivity index (χ2v) is 4.78. The lowest BCUT2D eigenvalue weighted by molar-refractivity contribution is -0.181. The second-order valence-electron chi connectivity index (χ2n) is 4.78. The molecule has 0 amide bonds. The molecule has 2 saturated heterocycles. The molecule has 16 heavy (non-hydrogen) atoms. The highest BCUT2D eigenvalue weighted by atomic mass is 16.6. The zero-order valence-electron chi connectivity index (χ0n) is 8.60. The molecule has 2 aliphatic heterocycles. The molecule has 1 aliphatic carbocycles. The molecule has 6 heteroatoms. The molecule has 0 aromatic carbocycles. The molecule has 0 bridgehead atoms. The summed E-state index contributed by atoms with van der Waals surface area (Å²) in [5.74, 6) is -4.70. The summed E-state index contributed by atoms with van der Waals surface area (Å²) in [5.41, 5.74) is -2.50. The number of hydrogen-bond donors (Lipinski definition) is 0. The van der Waals surface area contributed by atoms with E-state index in [2.05, 4.69) is 9.47 Å². The number of cyclic esters (lactones) is 4. The van der Waals surface area contributed by atoms with Crippen LogP contribution in [0.3, 0.4) is 0 Å². The third-order valence-electron chi connectivity index (χ3n) is 4.40. The summed E-state index contributed by atoms with van der Waals surface area (Å²) in [6.45, 7) is 2.95. The van der Waals surface area contributed by atoms with Gasteiger partial charge in [0, 0.05) is 0 Å². The predicted molar refractivity (Wildman–Crippen MR) is 45.4 cm³/mol. The van der Waals surface area contributed by atoms with Gasteiger partial charge in [-0.25, -0.2) is 0 Å². The number of ether oxygens (including phenoxy) is 2.